The van der Waals surface area contributed by atoms with Crippen LogP contribution in [0.5, 0.6) is 0 Å². The van der Waals surface area contributed by atoms with Crippen LogP contribution >= 0.6 is 0 Å². The third kappa shape index (κ3) is 3.55. The highest BCUT2D eigenvalue weighted by molar-refractivity contribution is 5.94. The van der Waals surface area contributed by atoms with Gasteiger partial charge >= 0.3 is 0 Å². The van der Waals surface area contributed by atoms with Crippen molar-refractivity contribution in [1.82, 2.24) is 24.9 Å². The Morgan fingerprint density at radius 3 is 2.46 bits per heavy atom. The summed E-state index contributed by atoms with van der Waals surface area (Å²) in [6.45, 7) is 0. The molecule has 0 bridgehead atoms. The van der Waals surface area contributed by atoms with Crippen molar-refractivity contribution < 1.29 is 9.18 Å². The van der Waals surface area contributed by atoms with Gasteiger partial charge in [0.25, 0.3) is 5.91 Å². The van der Waals surface area contributed by atoms with Crippen molar-refractivity contribution in [3.05, 3.63) is 102 Å². The fourth-order valence-electron chi connectivity index (χ4n) is 3.03. The Morgan fingerprint density at radius 2 is 1.79 bits per heavy atom. The topological polar surface area (TPSA) is 64.7 Å². The molecule has 0 saturated carbocycles. The van der Waals surface area contributed by atoms with E-state index in [4.69, 9.17) is 0 Å². The lowest BCUT2D eigenvalue weighted by atomic mass is 10.0. The van der Waals surface area contributed by atoms with E-state index < -0.39 is 0 Å². The number of aromatic nitrogens is 4. The molecule has 2 aromatic carbocycles. The van der Waals surface area contributed by atoms with Gasteiger partial charge in [0.15, 0.2) is 0 Å². The number of nitrogens with one attached hydrogen (secondary N) is 1. The van der Waals surface area contributed by atoms with E-state index in [1.54, 1.807) is 29.2 Å². The van der Waals surface area contributed by atoms with Crippen molar-refractivity contribution in [2.75, 3.05) is 0 Å². The first-order chi connectivity index (χ1) is 13.6. The van der Waals surface area contributed by atoms with E-state index >= 15 is 0 Å². The monoisotopic (exact) mass is 375 g/mol. The van der Waals surface area contributed by atoms with Crippen LogP contribution < -0.4 is 5.32 Å². The predicted octanol–water partition coefficient (Wildman–Crippen LogP) is 3.26. The molecule has 0 aliphatic heterocycles. The zero-order valence-corrected chi connectivity index (χ0v) is 15.2. The molecule has 6 nitrogen and oxygen atoms in total. The highest BCUT2D eigenvalue weighted by Crippen LogP contribution is 2.22. The van der Waals surface area contributed by atoms with Crippen LogP contribution in [0.3, 0.4) is 0 Å². The van der Waals surface area contributed by atoms with Crippen LogP contribution in [0.4, 0.5) is 4.39 Å². The van der Waals surface area contributed by atoms with Crippen molar-refractivity contribution in [2.24, 2.45) is 7.05 Å². The van der Waals surface area contributed by atoms with Crippen LogP contribution in [-0.4, -0.2) is 25.5 Å². The minimum atomic E-state index is -0.352. The van der Waals surface area contributed by atoms with Crippen molar-refractivity contribution >= 4 is 5.91 Å². The van der Waals surface area contributed by atoms with Crippen LogP contribution in [0.25, 0.3) is 5.69 Å². The van der Waals surface area contributed by atoms with Crippen molar-refractivity contribution in [3.63, 3.8) is 0 Å². The summed E-state index contributed by atoms with van der Waals surface area (Å²) in [6.07, 6.45) is 4.81. The van der Waals surface area contributed by atoms with E-state index in [1.807, 2.05) is 43.4 Å². The summed E-state index contributed by atoms with van der Waals surface area (Å²) < 4.78 is 16.4. The molecule has 0 unspecified atom stereocenters. The SMILES string of the molecule is Cn1nccc1[C@H](NC(=O)c1cnn(-c2ccc(F)cc2)c1)c1ccccc1. The fraction of sp³-hybridized carbons (Fsp3) is 0.0952. The zero-order valence-electron chi connectivity index (χ0n) is 15.2. The minimum Gasteiger partial charge on any atom is -0.339 e. The molecular formula is C21H18FN5O. The highest BCUT2D eigenvalue weighted by atomic mass is 19.1. The molecule has 140 valence electrons. The van der Waals surface area contributed by atoms with E-state index in [1.165, 1.54) is 23.0 Å². The van der Waals surface area contributed by atoms with E-state index in [-0.39, 0.29) is 17.8 Å². The Hall–Kier alpha value is -3.74. The van der Waals surface area contributed by atoms with Gasteiger partial charge in [-0.2, -0.15) is 10.2 Å². The highest BCUT2D eigenvalue weighted by Gasteiger charge is 2.21. The van der Waals surface area contributed by atoms with Gasteiger partial charge in [-0.1, -0.05) is 30.3 Å². The number of rotatable bonds is 5. The first-order valence-corrected chi connectivity index (χ1v) is 8.76. The van der Waals surface area contributed by atoms with Crippen molar-refractivity contribution in [1.29, 1.82) is 0 Å². The van der Waals surface area contributed by atoms with E-state index in [0.29, 0.717) is 11.3 Å². The Bertz CT molecular complexity index is 1090. The average Bonchev–Trinajstić information content (AvgIpc) is 3.37. The summed E-state index contributed by atoms with van der Waals surface area (Å²) in [5, 5.41) is 11.5. The van der Waals surface area contributed by atoms with Gasteiger partial charge in [0.05, 0.1) is 29.2 Å². The number of aryl methyl sites for hydroxylation is 1. The van der Waals surface area contributed by atoms with Gasteiger partial charge in [0.1, 0.15) is 5.82 Å². The zero-order chi connectivity index (χ0) is 19.5. The molecule has 0 aliphatic carbocycles. The maximum absolute atomic E-state index is 13.1. The Kier molecular flexibility index (Phi) is 4.72. The maximum atomic E-state index is 13.1. The Morgan fingerprint density at radius 1 is 1.04 bits per heavy atom. The molecule has 1 amide bonds. The molecule has 28 heavy (non-hydrogen) atoms. The second kappa shape index (κ2) is 7.48. The van der Waals surface area contributed by atoms with Gasteiger partial charge in [-0.05, 0) is 35.9 Å². The lowest BCUT2D eigenvalue weighted by Crippen LogP contribution is -2.30. The smallest absolute Gasteiger partial charge is 0.255 e. The summed E-state index contributed by atoms with van der Waals surface area (Å²) >= 11 is 0. The molecule has 0 saturated heterocycles. The van der Waals surface area contributed by atoms with Gasteiger partial charge in [-0.15, -0.1) is 0 Å². The molecule has 7 heteroatoms. The number of amides is 1. The molecule has 0 radical (unpaired) electrons. The quantitative estimate of drug-likeness (QED) is 0.582. The number of carbonyl (C=O) groups is 1. The van der Waals surface area contributed by atoms with Crippen molar-refractivity contribution in [3.8, 4) is 5.69 Å². The Labute approximate surface area is 161 Å². The molecule has 0 spiro atoms. The second-order valence-corrected chi connectivity index (χ2v) is 6.35. The van der Waals surface area contributed by atoms with Crippen molar-refractivity contribution in [2.45, 2.75) is 6.04 Å². The summed E-state index contributed by atoms with van der Waals surface area (Å²) in [6, 6.07) is 17.1. The number of nitrogens with zero attached hydrogens (tertiary/aromatic N) is 4. The molecule has 1 atom stereocenters. The number of halogens is 1. The van der Waals surface area contributed by atoms with Crippen LogP contribution in [0.15, 0.2) is 79.3 Å². The standard InChI is InChI=1S/C21H18FN5O/c1-26-19(11-12-23-26)20(15-5-3-2-4-6-15)25-21(28)16-13-24-27(14-16)18-9-7-17(22)8-10-18/h2-14,20H,1H3,(H,25,28)/t20-/m1/s1. The van der Waals surface area contributed by atoms with E-state index in [0.717, 1.165) is 11.3 Å². The van der Waals surface area contributed by atoms with E-state index in [9.17, 15) is 9.18 Å². The molecule has 2 aromatic heterocycles. The maximum Gasteiger partial charge on any atom is 0.255 e. The Balaban J connectivity index is 1.60. The average molecular weight is 375 g/mol. The predicted molar refractivity (Wildman–Crippen MR) is 102 cm³/mol. The molecule has 0 aliphatic rings. The molecule has 4 rings (SSSR count). The summed E-state index contributed by atoms with van der Waals surface area (Å²) in [5.41, 5.74) is 2.90. The van der Waals surface area contributed by atoms with Gasteiger partial charge in [0, 0.05) is 19.4 Å². The first-order valence-electron chi connectivity index (χ1n) is 8.76. The van der Waals surface area contributed by atoms with E-state index in [2.05, 4.69) is 15.5 Å². The fourth-order valence-corrected chi connectivity index (χ4v) is 3.03. The molecule has 0 fully saturated rings. The van der Waals surface area contributed by atoms with Crippen LogP contribution in [0.2, 0.25) is 0 Å². The van der Waals surface area contributed by atoms with Crippen LogP contribution in [0.1, 0.15) is 27.7 Å². The van der Waals surface area contributed by atoms with Gasteiger partial charge in [-0.25, -0.2) is 9.07 Å². The first kappa shape index (κ1) is 17.7. The molecule has 2 heterocycles. The number of carbonyl (C=O) groups excluding carboxylic acids is 1. The minimum absolute atomic E-state index is 0.261. The second-order valence-electron chi connectivity index (χ2n) is 6.35. The number of hydrogen-bond donors (Lipinski definition) is 1. The lowest BCUT2D eigenvalue weighted by Gasteiger charge is -2.19. The van der Waals surface area contributed by atoms with Crippen LogP contribution in [0, 0.1) is 5.82 Å². The third-order valence-corrected chi connectivity index (χ3v) is 4.50. The van der Waals surface area contributed by atoms with Gasteiger partial charge < -0.3 is 5.32 Å². The number of hydrogen-bond acceptors (Lipinski definition) is 3. The largest absolute Gasteiger partial charge is 0.339 e. The van der Waals surface area contributed by atoms with Gasteiger partial charge in [-0.3, -0.25) is 9.48 Å². The summed E-state index contributed by atoms with van der Waals surface area (Å²) in [7, 11) is 1.84. The van der Waals surface area contributed by atoms with Gasteiger partial charge in [0.2, 0.25) is 0 Å². The summed E-state index contributed by atoms with van der Waals surface area (Å²) in [4.78, 5) is 12.9. The molecule has 4 aromatic rings. The lowest BCUT2D eigenvalue weighted by molar-refractivity contribution is 0.0941. The summed E-state index contributed by atoms with van der Waals surface area (Å²) in [5.74, 6) is -0.584. The number of benzene rings is 2. The molecule has 1 N–H and O–H groups in total. The van der Waals surface area contributed by atoms with Crippen LogP contribution in [-0.2, 0) is 7.05 Å². The normalized spacial score (nSPS) is 11.9. The molecular weight excluding hydrogens is 357 g/mol. The third-order valence-electron chi connectivity index (χ3n) is 4.50.